The van der Waals surface area contributed by atoms with E-state index in [1.807, 2.05) is 0 Å². The van der Waals surface area contributed by atoms with Crippen LogP contribution in [-0.2, 0) is 16.1 Å². The second-order valence-corrected chi connectivity index (χ2v) is 5.82. The smallest absolute Gasteiger partial charge is 0.327 e. The lowest BCUT2D eigenvalue weighted by atomic mass is 9.75. The molecule has 1 heterocycles. The third-order valence-corrected chi connectivity index (χ3v) is 4.65. The van der Waals surface area contributed by atoms with E-state index < -0.39 is 5.97 Å². The summed E-state index contributed by atoms with van der Waals surface area (Å²) in [5.41, 5.74) is 0.411. The van der Waals surface area contributed by atoms with Crippen LogP contribution in [-0.4, -0.2) is 28.4 Å². The van der Waals surface area contributed by atoms with Gasteiger partial charge in [-0.05, 0) is 41.6 Å². The van der Waals surface area contributed by atoms with Crippen molar-refractivity contribution in [3.63, 3.8) is 0 Å². The number of anilines is 1. The van der Waals surface area contributed by atoms with Crippen molar-refractivity contribution in [2.45, 2.75) is 44.7 Å². The van der Waals surface area contributed by atoms with E-state index in [1.165, 1.54) is 13.5 Å². The van der Waals surface area contributed by atoms with Crippen molar-refractivity contribution < 1.29 is 9.53 Å². The molecule has 1 aromatic rings. The Balaban J connectivity index is 2.22. The highest BCUT2D eigenvalue weighted by Crippen LogP contribution is 2.38. The van der Waals surface area contributed by atoms with Crippen LogP contribution < -0.4 is 10.9 Å². The summed E-state index contributed by atoms with van der Waals surface area (Å²) in [7, 11) is 1.28. The van der Waals surface area contributed by atoms with Crippen molar-refractivity contribution in [2.75, 3.05) is 12.4 Å². The van der Waals surface area contributed by atoms with E-state index in [4.69, 9.17) is 0 Å². The summed E-state index contributed by atoms with van der Waals surface area (Å²) >= 11 is 3.29. The lowest BCUT2D eigenvalue weighted by Crippen LogP contribution is -2.45. The molecular weight excluding hydrogens is 326 g/mol. The molecule has 2 rings (SSSR count). The van der Waals surface area contributed by atoms with Gasteiger partial charge in [0.1, 0.15) is 11.0 Å². The number of methoxy groups -OCH3 is 1. The standard InChI is InChI=1S/C13H18BrN3O3/c1-3-13(5-4-6-13)16-9-7-15-17(8-10(18)20-2)12(19)11(9)14/h7,16H,3-6,8H2,1-2H3. The summed E-state index contributed by atoms with van der Waals surface area (Å²) in [6.45, 7) is 1.94. The fraction of sp³-hybridized carbons (Fsp3) is 0.615. The minimum absolute atomic E-state index is 0.0746. The summed E-state index contributed by atoms with van der Waals surface area (Å²) in [5, 5.41) is 7.42. The first-order valence-electron chi connectivity index (χ1n) is 6.62. The summed E-state index contributed by atoms with van der Waals surface area (Å²) in [4.78, 5) is 23.3. The average molecular weight is 344 g/mol. The molecule has 0 radical (unpaired) electrons. The van der Waals surface area contributed by atoms with Crippen molar-refractivity contribution in [3.8, 4) is 0 Å². The first-order valence-corrected chi connectivity index (χ1v) is 7.41. The lowest BCUT2D eigenvalue weighted by molar-refractivity contribution is -0.141. The van der Waals surface area contributed by atoms with Crippen LogP contribution in [0.2, 0.25) is 0 Å². The summed E-state index contributed by atoms with van der Waals surface area (Å²) < 4.78 is 6.02. The number of nitrogens with zero attached hydrogens (tertiary/aromatic N) is 2. The Bertz CT molecular complexity index is 561. The van der Waals surface area contributed by atoms with Gasteiger partial charge in [-0.1, -0.05) is 6.92 Å². The minimum Gasteiger partial charge on any atom is -0.468 e. The zero-order valence-electron chi connectivity index (χ0n) is 11.6. The molecular formula is C13H18BrN3O3. The number of halogens is 1. The fourth-order valence-corrected chi connectivity index (χ4v) is 2.71. The molecule has 1 aromatic heterocycles. The number of ether oxygens (including phenoxy) is 1. The van der Waals surface area contributed by atoms with Gasteiger partial charge in [-0.25, -0.2) is 4.68 Å². The summed E-state index contributed by atoms with van der Waals surface area (Å²) in [6.07, 6.45) is 5.97. The van der Waals surface area contributed by atoms with E-state index in [9.17, 15) is 9.59 Å². The predicted molar refractivity (Wildman–Crippen MR) is 78.7 cm³/mol. The van der Waals surface area contributed by atoms with Crippen LogP contribution in [0.25, 0.3) is 0 Å². The molecule has 20 heavy (non-hydrogen) atoms. The number of hydrogen-bond donors (Lipinski definition) is 1. The van der Waals surface area contributed by atoms with Gasteiger partial charge in [0.05, 0.1) is 19.0 Å². The van der Waals surface area contributed by atoms with Crippen LogP contribution in [0.5, 0.6) is 0 Å². The van der Waals surface area contributed by atoms with Crippen molar-refractivity contribution in [2.24, 2.45) is 0 Å². The van der Waals surface area contributed by atoms with Crippen molar-refractivity contribution >= 4 is 27.6 Å². The zero-order valence-corrected chi connectivity index (χ0v) is 13.2. The molecule has 0 aliphatic heterocycles. The molecule has 1 saturated carbocycles. The third-order valence-electron chi connectivity index (χ3n) is 3.88. The van der Waals surface area contributed by atoms with Crippen LogP contribution >= 0.6 is 15.9 Å². The molecule has 1 N–H and O–H groups in total. The molecule has 6 nitrogen and oxygen atoms in total. The molecule has 7 heteroatoms. The number of rotatable bonds is 5. The zero-order chi connectivity index (χ0) is 14.8. The number of hydrogen-bond acceptors (Lipinski definition) is 5. The molecule has 0 saturated heterocycles. The van der Waals surface area contributed by atoms with E-state index in [0.29, 0.717) is 10.2 Å². The van der Waals surface area contributed by atoms with Gasteiger partial charge in [-0.15, -0.1) is 0 Å². The van der Waals surface area contributed by atoms with E-state index in [-0.39, 0.29) is 17.6 Å². The second-order valence-electron chi connectivity index (χ2n) is 5.02. The van der Waals surface area contributed by atoms with Gasteiger partial charge in [-0.3, -0.25) is 9.59 Å². The first kappa shape index (κ1) is 15.0. The fourth-order valence-electron chi connectivity index (χ4n) is 2.31. The first-order chi connectivity index (χ1) is 9.51. The molecule has 1 aliphatic rings. The quantitative estimate of drug-likeness (QED) is 0.827. The lowest BCUT2D eigenvalue weighted by Gasteiger charge is -2.43. The Morgan fingerprint density at radius 3 is 2.80 bits per heavy atom. The largest absolute Gasteiger partial charge is 0.468 e. The van der Waals surface area contributed by atoms with Gasteiger partial charge < -0.3 is 10.1 Å². The Hall–Kier alpha value is -1.37. The van der Waals surface area contributed by atoms with Crippen LogP contribution in [0.4, 0.5) is 5.69 Å². The Labute approximate surface area is 125 Å². The van der Waals surface area contributed by atoms with Crippen molar-refractivity contribution in [1.29, 1.82) is 0 Å². The molecule has 0 atom stereocenters. The van der Waals surface area contributed by atoms with E-state index in [1.54, 1.807) is 6.20 Å². The van der Waals surface area contributed by atoms with Crippen molar-refractivity contribution in [1.82, 2.24) is 9.78 Å². The Kier molecular flexibility index (Phi) is 4.47. The number of aromatic nitrogens is 2. The maximum atomic E-state index is 12.1. The minimum atomic E-state index is -0.503. The van der Waals surface area contributed by atoms with E-state index in [2.05, 4.69) is 38.0 Å². The summed E-state index contributed by atoms with van der Waals surface area (Å²) in [5.74, 6) is -0.503. The van der Waals surface area contributed by atoms with Gasteiger partial charge >= 0.3 is 5.97 Å². The Morgan fingerprint density at radius 1 is 1.60 bits per heavy atom. The van der Waals surface area contributed by atoms with Gasteiger partial charge in [-0.2, -0.15) is 5.10 Å². The predicted octanol–water partition coefficient (Wildman–Crippen LogP) is 1.92. The topological polar surface area (TPSA) is 73.2 Å². The average Bonchev–Trinajstić information content (AvgIpc) is 2.41. The van der Waals surface area contributed by atoms with E-state index in [0.717, 1.165) is 23.9 Å². The highest BCUT2D eigenvalue weighted by Gasteiger charge is 2.35. The molecule has 0 bridgehead atoms. The van der Waals surface area contributed by atoms with Crippen LogP contribution in [0.3, 0.4) is 0 Å². The number of carbonyl (C=O) groups excluding carboxylic acids is 1. The van der Waals surface area contributed by atoms with Crippen LogP contribution in [0.15, 0.2) is 15.5 Å². The number of esters is 1. The number of nitrogens with one attached hydrogen (secondary N) is 1. The van der Waals surface area contributed by atoms with Gasteiger partial charge in [0.15, 0.2) is 0 Å². The maximum absolute atomic E-state index is 12.1. The Morgan fingerprint density at radius 2 is 2.30 bits per heavy atom. The normalized spacial score (nSPS) is 16.4. The van der Waals surface area contributed by atoms with Gasteiger partial charge in [0.2, 0.25) is 0 Å². The van der Waals surface area contributed by atoms with Crippen LogP contribution in [0, 0.1) is 0 Å². The maximum Gasteiger partial charge on any atom is 0.327 e. The molecule has 0 unspecified atom stereocenters. The molecule has 1 fully saturated rings. The third kappa shape index (κ3) is 2.87. The van der Waals surface area contributed by atoms with E-state index >= 15 is 0 Å². The molecule has 0 amide bonds. The van der Waals surface area contributed by atoms with Crippen LogP contribution in [0.1, 0.15) is 32.6 Å². The molecule has 0 aromatic carbocycles. The molecule has 1 aliphatic carbocycles. The molecule has 0 spiro atoms. The highest BCUT2D eigenvalue weighted by atomic mass is 79.9. The monoisotopic (exact) mass is 343 g/mol. The number of carbonyl (C=O) groups is 1. The highest BCUT2D eigenvalue weighted by molar-refractivity contribution is 9.10. The second kappa shape index (κ2) is 5.95. The van der Waals surface area contributed by atoms with Crippen molar-refractivity contribution in [3.05, 3.63) is 21.0 Å². The SMILES string of the molecule is CCC1(Nc2cnn(CC(=O)OC)c(=O)c2Br)CCC1. The van der Waals surface area contributed by atoms with Gasteiger partial charge in [0, 0.05) is 5.54 Å². The summed E-state index contributed by atoms with van der Waals surface area (Å²) in [6, 6.07) is 0. The van der Waals surface area contributed by atoms with Gasteiger partial charge in [0.25, 0.3) is 5.56 Å². The molecule has 110 valence electrons.